The Labute approximate surface area is 175 Å². The number of likely N-dealkylation sites (tertiary alicyclic amines) is 1. The van der Waals surface area contributed by atoms with Crippen molar-refractivity contribution < 1.29 is 19.4 Å². The summed E-state index contributed by atoms with van der Waals surface area (Å²) < 4.78 is 5.38. The minimum absolute atomic E-state index is 0.110. The number of Topliss-reactive ketones (excluding diaryl/α,β-unsaturated/α-hetero) is 1. The van der Waals surface area contributed by atoms with Crippen LogP contribution in [0.25, 0.3) is 5.76 Å². The van der Waals surface area contributed by atoms with Crippen LogP contribution >= 0.6 is 0 Å². The summed E-state index contributed by atoms with van der Waals surface area (Å²) in [6, 6.07) is 10.2. The monoisotopic (exact) mass is 407 g/mol. The van der Waals surface area contributed by atoms with Crippen molar-refractivity contribution in [2.24, 2.45) is 0 Å². The number of aliphatic hydroxyl groups is 1. The summed E-state index contributed by atoms with van der Waals surface area (Å²) in [6.07, 6.45) is 3.28. The van der Waals surface area contributed by atoms with E-state index in [-0.39, 0.29) is 11.3 Å². The first-order valence-corrected chi connectivity index (χ1v) is 10.1. The van der Waals surface area contributed by atoms with Gasteiger partial charge in [0.25, 0.3) is 11.7 Å². The number of hydrogen-bond donors (Lipinski definition) is 1. The lowest BCUT2D eigenvalue weighted by atomic mass is 9.96. The Morgan fingerprint density at radius 3 is 2.53 bits per heavy atom. The van der Waals surface area contributed by atoms with E-state index in [2.05, 4.69) is 9.88 Å². The lowest BCUT2D eigenvalue weighted by Gasteiger charge is -2.30. The number of carbonyl (C=O) groups is 2. The molecule has 4 rings (SSSR count). The topological polar surface area (TPSA) is 83.0 Å². The number of amides is 1. The Balaban J connectivity index is 1.71. The molecule has 2 aromatic rings. The van der Waals surface area contributed by atoms with Crippen LogP contribution in [0.5, 0.6) is 0 Å². The third kappa shape index (κ3) is 3.99. The molecule has 0 aliphatic carbocycles. The first-order chi connectivity index (χ1) is 14.6. The molecular weight excluding hydrogens is 382 g/mol. The van der Waals surface area contributed by atoms with Crippen LogP contribution in [0, 0.1) is 6.92 Å². The molecule has 1 aromatic carbocycles. The van der Waals surface area contributed by atoms with E-state index in [1.165, 1.54) is 0 Å². The molecule has 3 heterocycles. The first-order valence-electron chi connectivity index (χ1n) is 10.1. The third-order valence-electron chi connectivity index (χ3n) is 5.63. The van der Waals surface area contributed by atoms with Crippen LogP contribution in [-0.2, 0) is 14.3 Å². The van der Waals surface area contributed by atoms with Crippen molar-refractivity contribution in [2.45, 2.75) is 13.0 Å². The Bertz CT molecular complexity index is 950. The number of aryl methyl sites for hydroxylation is 1. The van der Waals surface area contributed by atoms with Gasteiger partial charge in [0.05, 0.1) is 24.8 Å². The third-order valence-corrected chi connectivity index (χ3v) is 5.63. The number of ketones is 1. The maximum absolute atomic E-state index is 13.0. The average Bonchev–Trinajstić information content (AvgIpc) is 3.04. The summed E-state index contributed by atoms with van der Waals surface area (Å²) in [7, 11) is 0. The second-order valence-corrected chi connectivity index (χ2v) is 7.60. The second-order valence-electron chi connectivity index (χ2n) is 7.60. The van der Waals surface area contributed by atoms with E-state index >= 15 is 0 Å². The molecule has 1 aromatic heterocycles. The Hall–Kier alpha value is -3.03. The molecule has 1 N–H and O–H groups in total. The molecule has 0 unspecified atom stereocenters. The zero-order valence-electron chi connectivity index (χ0n) is 17.0. The van der Waals surface area contributed by atoms with Crippen molar-refractivity contribution in [3.05, 3.63) is 71.1 Å². The zero-order chi connectivity index (χ0) is 21.1. The molecule has 7 nitrogen and oxygen atoms in total. The van der Waals surface area contributed by atoms with Gasteiger partial charge in [-0.05, 0) is 18.6 Å². The van der Waals surface area contributed by atoms with Crippen molar-refractivity contribution in [3.8, 4) is 0 Å². The summed E-state index contributed by atoms with van der Waals surface area (Å²) in [5.74, 6) is -1.41. The molecule has 156 valence electrons. The van der Waals surface area contributed by atoms with Crippen LogP contribution in [-0.4, -0.2) is 71.0 Å². The molecule has 2 fully saturated rings. The smallest absolute Gasteiger partial charge is 0.295 e. The van der Waals surface area contributed by atoms with Gasteiger partial charge in [-0.3, -0.25) is 19.5 Å². The van der Waals surface area contributed by atoms with Crippen molar-refractivity contribution in [1.82, 2.24) is 14.8 Å². The van der Waals surface area contributed by atoms with E-state index in [9.17, 15) is 14.7 Å². The predicted octanol–water partition coefficient (Wildman–Crippen LogP) is 2.14. The highest BCUT2D eigenvalue weighted by Crippen LogP contribution is 2.38. The SMILES string of the molecule is Cc1ccc(C(O)=C2C(=O)C(=O)N(CCN3CCOCC3)[C@H]2c2cccnc2)cc1. The van der Waals surface area contributed by atoms with Gasteiger partial charge in [-0.15, -0.1) is 0 Å². The standard InChI is InChI=1S/C23H25N3O4/c1-16-4-6-17(7-5-16)21(27)19-20(18-3-2-8-24-15-18)26(23(29)22(19)28)10-9-25-11-13-30-14-12-25/h2-8,15,20,27H,9-14H2,1H3/t20-/m0/s1. The molecule has 0 spiro atoms. The highest BCUT2D eigenvalue weighted by atomic mass is 16.5. The molecular formula is C23H25N3O4. The van der Waals surface area contributed by atoms with Gasteiger partial charge in [0.15, 0.2) is 0 Å². The van der Waals surface area contributed by atoms with Crippen LogP contribution in [0.2, 0.25) is 0 Å². The second kappa shape index (κ2) is 8.77. The number of hydrogen-bond acceptors (Lipinski definition) is 6. The molecule has 1 atom stereocenters. The van der Waals surface area contributed by atoms with Gasteiger partial charge in [-0.25, -0.2) is 0 Å². The minimum Gasteiger partial charge on any atom is -0.507 e. The Morgan fingerprint density at radius 2 is 1.87 bits per heavy atom. The number of carbonyl (C=O) groups excluding carboxylic acids is 2. The number of aromatic nitrogens is 1. The maximum Gasteiger partial charge on any atom is 0.295 e. The molecule has 0 radical (unpaired) electrons. The van der Waals surface area contributed by atoms with E-state index < -0.39 is 17.7 Å². The molecule has 2 aliphatic heterocycles. The van der Waals surface area contributed by atoms with Crippen molar-refractivity contribution in [3.63, 3.8) is 0 Å². The molecule has 7 heteroatoms. The fourth-order valence-electron chi connectivity index (χ4n) is 3.94. The van der Waals surface area contributed by atoms with E-state index in [0.717, 1.165) is 18.7 Å². The summed E-state index contributed by atoms with van der Waals surface area (Å²) in [6.45, 7) is 5.89. The highest BCUT2D eigenvalue weighted by Gasteiger charge is 2.46. The van der Waals surface area contributed by atoms with Gasteiger partial charge >= 0.3 is 0 Å². The molecule has 2 saturated heterocycles. The van der Waals surface area contributed by atoms with E-state index in [1.807, 2.05) is 25.1 Å². The summed E-state index contributed by atoms with van der Waals surface area (Å²) >= 11 is 0. The van der Waals surface area contributed by atoms with Gasteiger partial charge in [0, 0.05) is 44.1 Å². The number of ether oxygens (including phenoxy) is 1. The molecule has 2 aliphatic rings. The largest absolute Gasteiger partial charge is 0.507 e. The van der Waals surface area contributed by atoms with Gasteiger partial charge in [0.1, 0.15) is 5.76 Å². The minimum atomic E-state index is -0.666. The predicted molar refractivity (Wildman–Crippen MR) is 112 cm³/mol. The summed E-state index contributed by atoms with van der Waals surface area (Å²) in [5, 5.41) is 11.0. The number of nitrogens with zero attached hydrogens (tertiary/aromatic N) is 3. The zero-order valence-corrected chi connectivity index (χ0v) is 17.0. The van der Waals surface area contributed by atoms with Gasteiger partial charge in [-0.1, -0.05) is 35.9 Å². The molecule has 0 saturated carbocycles. The van der Waals surface area contributed by atoms with Crippen molar-refractivity contribution in [2.75, 3.05) is 39.4 Å². The highest BCUT2D eigenvalue weighted by molar-refractivity contribution is 6.46. The maximum atomic E-state index is 13.0. The number of morpholine rings is 1. The number of rotatable bonds is 5. The van der Waals surface area contributed by atoms with Crippen LogP contribution < -0.4 is 0 Å². The Morgan fingerprint density at radius 1 is 1.13 bits per heavy atom. The molecule has 0 bridgehead atoms. The van der Waals surface area contributed by atoms with Gasteiger partial charge in [-0.2, -0.15) is 0 Å². The molecule has 30 heavy (non-hydrogen) atoms. The van der Waals surface area contributed by atoms with E-state index in [1.54, 1.807) is 35.5 Å². The number of pyridine rings is 1. The van der Waals surface area contributed by atoms with E-state index in [4.69, 9.17) is 4.74 Å². The quantitative estimate of drug-likeness (QED) is 0.465. The fourth-order valence-corrected chi connectivity index (χ4v) is 3.94. The van der Waals surface area contributed by atoms with Gasteiger partial charge in [0.2, 0.25) is 0 Å². The summed E-state index contributed by atoms with van der Waals surface area (Å²) in [5.41, 5.74) is 2.37. The lowest BCUT2D eigenvalue weighted by molar-refractivity contribution is -0.140. The van der Waals surface area contributed by atoms with Crippen LogP contribution in [0.1, 0.15) is 22.7 Å². The van der Waals surface area contributed by atoms with Crippen molar-refractivity contribution in [1.29, 1.82) is 0 Å². The fraction of sp³-hybridized carbons (Fsp3) is 0.348. The number of aliphatic hydroxyl groups excluding tert-OH is 1. The normalized spacial score (nSPS) is 21.9. The molecule has 1 amide bonds. The van der Waals surface area contributed by atoms with Crippen LogP contribution in [0.3, 0.4) is 0 Å². The lowest BCUT2D eigenvalue weighted by Crippen LogP contribution is -2.42. The number of benzene rings is 1. The average molecular weight is 407 g/mol. The van der Waals surface area contributed by atoms with Crippen molar-refractivity contribution >= 4 is 17.4 Å². The Kier molecular flexibility index (Phi) is 5.92. The van der Waals surface area contributed by atoms with Crippen LogP contribution in [0.15, 0.2) is 54.4 Å². The first kappa shape index (κ1) is 20.3. The summed E-state index contributed by atoms with van der Waals surface area (Å²) in [4.78, 5) is 33.8. The van der Waals surface area contributed by atoms with Crippen LogP contribution in [0.4, 0.5) is 0 Å². The van der Waals surface area contributed by atoms with Gasteiger partial charge < -0.3 is 14.7 Å². The van der Waals surface area contributed by atoms with E-state index in [0.29, 0.717) is 37.4 Å².